The van der Waals surface area contributed by atoms with E-state index in [0.717, 1.165) is 60.5 Å². The third-order valence-corrected chi connectivity index (χ3v) is 8.91. The standard InChI is InChI=1S/C30H40N6O/c37-29(32-16-14-28-33-25-10-1-2-11-26(25)34-28)13-3-12-27-24-9-6-18-35-17-5-8-23(30(24)35)21-36(27)20-22-7-4-15-31-19-22/h1-2,4,7,10-11,15,19,23-24,27,30H,3,5-6,8-9,12-14,16-18,20-21H2,(H,32,37)(H,33,34)/t23-,24+,27+,30-/m0/s1. The first-order valence-corrected chi connectivity index (χ1v) is 14.3. The Hall–Kier alpha value is -2.77. The summed E-state index contributed by atoms with van der Waals surface area (Å²) < 4.78 is 0. The molecule has 3 aromatic rings. The highest BCUT2D eigenvalue weighted by Gasteiger charge is 2.48. The van der Waals surface area contributed by atoms with Crippen LogP contribution in [0.15, 0.2) is 48.8 Å². The molecular weight excluding hydrogens is 460 g/mol. The summed E-state index contributed by atoms with van der Waals surface area (Å²) in [5.41, 5.74) is 3.33. The molecule has 3 aliphatic heterocycles. The normalized spacial score (nSPS) is 26.2. The monoisotopic (exact) mass is 500 g/mol. The fourth-order valence-corrected chi connectivity index (χ4v) is 7.39. The molecule has 5 heterocycles. The van der Waals surface area contributed by atoms with E-state index in [9.17, 15) is 4.79 Å². The van der Waals surface area contributed by atoms with Crippen LogP contribution in [0, 0.1) is 11.8 Å². The molecule has 1 aromatic carbocycles. The van der Waals surface area contributed by atoms with Gasteiger partial charge < -0.3 is 10.3 Å². The SMILES string of the molecule is O=C(CCC[C@@H]1[C@H]2CCCN3CCC[C@@H](CN1Cc1cccnc1)[C@@H]23)NCCc1nc2ccccc2[nH]1. The summed E-state index contributed by atoms with van der Waals surface area (Å²) in [6.07, 6.45) is 12.6. The number of nitrogens with zero attached hydrogens (tertiary/aromatic N) is 4. The number of para-hydroxylation sites is 2. The molecule has 7 nitrogen and oxygen atoms in total. The van der Waals surface area contributed by atoms with Gasteiger partial charge in [0.25, 0.3) is 0 Å². The van der Waals surface area contributed by atoms with Crippen LogP contribution >= 0.6 is 0 Å². The molecule has 3 aliphatic rings. The molecule has 3 fully saturated rings. The number of aromatic nitrogens is 3. The number of amides is 1. The maximum Gasteiger partial charge on any atom is 0.220 e. The van der Waals surface area contributed by atoms with Gasteiger partial charge in [0.1, 0.15) is 5.82 Å². The average molecular weight is 501 g/mol. The second-order valence-electron chi connectivity index (χ2n) is 11.3. The number of H-pyrrole nitrogens is 1. The van der Waals surface area contributed by atoms with Gasteiger partial charge in [-0.15, -0.1) is 0 Å². The van der Waals surface area contributed by atoms with E-state index >= 15 is 0 Å². The van der Waals surface area contributed by atoms with Gasteiger partial charge in [-0.1, -0.05) is 18.2 Å². The predicted octanol–water partition coefficient (Wildman–Crippen LogP) is 4.16. The highest BCUT2D eigenvalue weighted by atomic mass is 16.1. The van der Waals surface area contributed by atoms with Crippen LogP contribution in [-0.2, 0) is 17.8 Å². The number of fused-ring (bicyclic) bond motifs is 1. The number of aromatic amines is 1. The summed E-state index contributed by atoms with van der Waals surface area (Å²) in [5, 5.41) is 3.12. The van der Waals surface area contributed by atoms with Crippen molar-refractivity contribution in [3.05, 3.63) is 60.2 Å². The first kappa shape index (κ1) is 24.6. The number of carbonyl (C=O) groups excluding carboxylic acids is 1. The van der Waals surface area contributed by atoms with Crippen molar-refractivity contribution >= 4 is 16.9 Å². The molecule has 3 saturated heterocycles. The molecule has 0 bridgehead atoms. The lowest BCUT2D eigenvalue weighted by Gasteiger charge is -2.57. The Bertz CT molecular complexity index is 1140. The van der Waals surface area contributed by atoms with E-state index in [1.807, 2.05) is 36.7 Å². The van der Waals surface area contributed by atoms with Crippen LogP contribution < -0.4 is 5.32 Å². The van der Waals surface area contributed by atoms with Crippen LogP contribution in [0.1, 0.15) is 56.3 Å². The number of carbonyl (C=O) groups is 1. The van der Waals surface area contributed by atoms with Crippen molar-refractivity contribution in [3.8, 4) is 0 Å². The molecule has 1 amide bonds. The van der Waals surface area contributed by atoms with Gasteiger partial charge in [0.15, 0.2) is 0 Å². The predicted molar refractivity (Wildman–Crippen MR) is 146 cm³/mol. The minimum absolute atomic E-state index is 0.159. The number of likely N-dealkylation sites (tertiary alicyclic amines) is 1. The molecule has 0 aliphatic carbocycles. The third-order valence-electron chi connectivity index (χ3n) is 8.91. The van der Waals surface area contributed by atoms with Gasteiger partial charge in [0, 0.05) is 57.0 Å². The molecule has 0 spiro atoms. The molecule has 7 heteroatoms. The van der Waals surface area contributed by atoms with Crippen molar-refractivity contribution in [1.82, 2.24) is 30.1 Å². The van der Waals surface area contributed by atoms with Crippen molar-refractivity contribution < 1.29 is 4.79 Å². The highest BCUT2D eigenvalue weighted by molar-refractivity contribution is 5.76. The lowest BCUT2D eigenvalue weighted by molar-refractivity contribution is -0.121. The van der Waals surface area contributed by atoms with E-state index in [4.69, 9.17) is 0 Å². The number of rotatable bonds is 9. The number of hydrogen-bond acceptors (Lipinski definition) is 5. The zero-order valence-electron chi connectivity index (χ0n) is 21.8. The summed E-state index contributed by atoms with van der Waals surface area (Å²) in [6.45, 7) is 5.33. The van der Waals surface area contributed by atoms with E-state index in [2.05, 4.69) is 42.2 Å². The fraction of sp³-hybridized carbons (Fsp3) is 0.567. The lowest BCUT2D eigenvalue weighted by Crippen LogP contribution is -2.64. The Labute approximate surface area is 220 Å². The quantitative estimate of drug-likeness (QED) is 0.461. The van der Waals surface area contributed by atoms with Crippen LogP contribution in [0.25, 0.3) is 11.0 Å². The minimum Gasteiger partial charge on any atom is -0.356 e. The summed E-state index contributed by atoms with van der Waals surface area (Å²) >= 11 is 0. The van der Waals surface area contributed by atoms with Gasteiger partial charge in [-0.2, -0.15) is 0 Å². The molecule has 2 N–H and O–H groups in total. The van der Waals surface area contributed by atoms with Crippen molar-refractivity contribution in [3.63, 3.8) is 0 Å². The molecule has 0 unspecified atom stereocenters. The topological polar surface area (TPSA) is 77.2 Å². The molecular formula is C30H40N6O. The maximum atomic E-state index is 12.7. The number of benzene rings is 1. The Morgan fingerprint density at radius 1 is 1.11 bits per heavy atom. The van der Waals surface area contributed by atoms with E-state index < -0.39 is 0 Å². The highest BCUT2D eigenvalue weighted by Crippen LogP contribution is 2.43. The molecule has 0 saturated carbocycles. The second-order valence-corrected chi connectivity index (χ2v) is 11.3. The lowest BCUT2D eigenvalue weighted by atomic mass is 9.69. The Morgan fingerprint density at radius 3 is 2.86 bits per heavy atom. The van der Waals surface area contributed by atoms with Crippen LogP contribution in [0.5, 0.6) is 0 Å². The Kier molecular flexibility index (Phi) is 7.51. The Morgan fingerprint density at radius 2 is 2.00 bits per heavy atom. The van der Waals surface area contributed by atoms with Crippen LogP contribution in [0.3, 0.4) is 0 Å². The van der Waals surface area contributed by atoms with Crippen LogP contribution in [-0.4, -0.2) is 68.9 Å². The second kappa shape index (κ2) is 11.3. The number of hydrogen-bond donors (Lipinski definition) is 2. The van der Waals surface area contributed by atoms with Crippen molar-refractivity contribution in [2.24, 2.45) is 11.8 Å². The summed E-state index contributed by atoms with van der Waals surface area (Å²) in [4.78, 5) is 30.6. The van der Waals surface area contributed by atoms with Gasteiger partial charge in [-0.25, -0.2) is 4.98 Å². The maximum absolute atomic E-state index is 12.7. The van der Waals surface area contributed by atoms with Crippen LogP contribution in [0.2, 0.25) is 0 Å². The van der Waals surface area contributed by atoms with E-state index in [1.54, 1.807) is 0 Å². The average Bonchev–Trinajstić information content (AvgIpc) is 3.34. The van der Waals surface area contributed by atoms with Crippen molar-refractivity contribution in [2.75, 3.05) is 26.2 Å². The van der Waals surface area contributed by atoms with E-state index in [0.29, 0.717) is 19.0 Å². The molecule has 6 rings (SSSR count). The zero-order valence-corrected chi connectivity index (χ0v) is 21.8. The van der Waals surface area contributed by atoms with Gasteiger partial charge in [-0.05, 0) is 87.2 Å². The number of nitrogens with one attached hydrogen (secondary N) is 2. The minimum atomic E-state index is 0.159. The van der Waals surface area contributed by atoms with E-state index in [1.165, 1.54) is 50.9 Å². The largest absolute Gasteiger partial charge is 0.356 e. The smallest absolute Gasteiger partial charge is 0.220 e. The van der Waals surface area contributed by atoms with Crippen molar-refractivity contribution in [1.29, 1.82) is 0 Å². The van der Waals surface area contributed by atoms with Gasteiger partial charge >= 0.3 is 0 Å². The molecule has 196 valence electrons. The number of piperidine rings is 3. The van der Waals surface area contributed by atoms with E-state index in [-0.39, 0.29) is 5.91 Å². The number of imidazole rings is 1. The first-order valence-electron chi connectivity index (χ1n) is 14.3. The fourth-order valence-electron chi connectivity index (χ4n) is 7.39. The number of pyridine rings is 1. The first-order chi connectivity index (χ1) is 18.2. The summed E-state index contributed by atoms with van der Waals surface area (Å²) in [6, 6.07) is 13.6. The summed E-state index contributed by atoms with van der Waals surface area (Å²) in [5.74, 6) is 2.60. The van der Waals surface area contributed by atoms with Gasteiger partial charge in [0.2, 0.25) is 5.91 Å². The van der Waals surface area contributed by atoms with Crippen LogP contribution in [0.4, 0.5) is 0 Å². The zero-order chi connectivity index (χ0) is 25.0. The molecule has 2 aromatic heterocycles. The molecule has 0 radical (unpaired) electrons. The summed E-state index contributed by atoms with van der Waals surface area (Å²) in [7, 11) is 0. The molecule has 4 atom stereocenters. The molecule has 37 heavy (non-hydrogen) atoms. The van der Waals surface area contributed by atoms with Gasteiger partial charge in [0.05, 0.1) is 11.0 Å². The Balaban J connectivity index is 1.04. The third kappa shape index (κ3) is 5.58. The van der Waals surface area contributed by atoms with Crippen molar-refractivity contribution in [2.45, 2.75) is 70.0 Å². The van der Waals surface area contributed by atoms with Gasteiger partial charge in [-0.3, -0.25) is 19.6 Å².